The number of nitrogens with zero attached hydrogens (tertiary/aromatic N) is 1. The van der Waals surface area contributed by atoms with Gasteiger partial charge in [-0.1, -0.05) is 12.1 Å². The molecule has 0 bridgehead atoms. The van der Waals surface area contributed by atoms with Gasteiger partial charge in [0.15, 0.2) is 6.61 Å². The van der Waals surface area contributed by atoms with E-state index >= 15 is 0 Å². The van der Waals surface area contributed by atoms with E-state index in [1.165, 1.54) is 12.1 Å². The summed E-state index contributed by atoms with van der Waals surface area (Å²) in [4.78, 5) is 34.5. The van der Waals surface area contributed by atoms with Gasteiger partial charge in [0.25, 0.3) is 11.6 Å². The molecule has 2 aromatic rings. The molecule has 0 saturated carbocycles. The number of rotatable bonds is 6. The zero-order valence-electron chi connectivity index (χ0n) is 14.7. The normalized spacial score (nSPS) is 10.1. The minimum atomic E-state index is -0.825. The number of hydrogen-bond acceptors (Lipinski definition) is 6. The maximum Gasteiger partial charge on any atom is 0.341 e. The summed E-state index contributed by atoms with van der Waals surface area (Å²) in [6.07, 6.45) is 0. The summed E-state index contributed by atoms with van der Waals surface area (Å²) in [6, 6.07) is 9.28. The number of nitro groups is 1. The molecule has 0 radical (unpaired) electrons. The van der Waals surface area contributed by atoms with Crippen molar-refractivity contribution < 1.29 is 19.2 Å². The van der Waals surface area contributed by atoms with Crippen LogP contribution < -0.4 is 10.6 Å². The highest BCUT2D eigenvalue weighted by Gasteiger charge is 2.18. The first-order chi connectivity index (χ1) is 12.3. The molecule has 8 nitrogen and oxygen atoms in total. The van der Waals surface area contributed by atoms with Gasteiger partial charge in [0.1, 0.15) is 0 Å². The van der Waals surface area contributed by atoms with Gasteiger partial charge in [0.05, 0.1) is 10.5 Å². The summed E-state index contributed by atoms with van der Waals surface area (Å²) in [5.74, 6) is -1.32. The van der Waals surface area contributed by atoms with Gasteiger partial charge in [0, 0.05) is 30.6 Å². The fourth-order valence-electron chi connectivity index (χ4n) is 2.31. The summed E-state index contributed by atoms with van der Waals surface area (Å²) in [5, 5.41) is 16.3. The van der Waals surface area contributed by atoms with E-state index in [0.29, 0.717) is 11.4 Å². The number of benzene rings is 2. The van der Waals surface area contributed by atoms with E-state index < -0.39 is 23.4 Å². The Morgan fingerprint density at radius 1 is 1.15 bits per heavy atom. The van der Waals surface area contributed by atoms with Gasteiger partial charge in [-0.25, -0.2) is 4.79 Å². The Bertz CT molecular complexity index is 864. The minimum absolute atomic E-state index is 0.0127. The standard InChI is InChI=1S/C18H19N3O5/c1-11-5-4-6-15(12(11)2)20-17(22)10-26-18(23)14-9-13(21(24)25)7-8-16(14)19-3/h4-9,19H,10H2,1-3H3,(H,20,22). The van der Waals surface area contributed by atoms with Crippen LogP contribution >= 0.6 is 0 Å². The molecule has 2 aromatic carbocycles. The Balaban J connectivity index is 2.06. The van der Waals surface area contributed by atoms with E-state index in [4.69, 9.17) is 4.74 Å². The van der Waals surface area contributed by atoms with Gasteiger partial charge in [-0.15, -0.1) is 0 Å². The predicted molar refractivity (Wildman–Crippen MR) is 97.5 cm³/mol. The van der Waals surface area contributed by atoms with E-state index in [1.54, 1.807) is 13.1 Å². The summed E-state index contributed by atoms with van der Waals surface area (Å²) >= 11 is 0. The zero-order valence-corrected chi connectivity index (χ0v) is 14.7. The first-order valence-corrected chi connectivity index (χ1v) is 7.83. The molecule has 0 fully saturated rings. The van der Waals surface area contributed by atoms with Crippen LogP contribution in [0.1, 0.15) is 21.5 Å². The smallest absolute Gasteiger partial charge is 0.341 e. The SMILES string of the molecule is CNc1ccc([N+](=O)[O-])cc1C(=O)OCC(=O)Nc1cccc(C)c1C. The maximum absolute atomic E-state index is 12.2. The lowest BCUT2D eigenvalue weighted by Gasteiger charge is -2.11. The minimum Gasteiger partial charge on any atom is -0.452 e. The number of carbonyl (C=O) groups is 2. The molecule has 0 aliphatic rings. The Labute approximate surface area is 150 Å². The van der Waals surface area contributed by atoms with Crippen molar-refractivity contribution in [2.24, 2.45) is 0 Å². The third kappa shape index (κ3) is 4.35. The lowest BCUT2D eigenvalue weighted by Crippen LogP contribution is -2.22. The summed E-state index contributed by atoms with van der Waals surface area (Å²) in [6.45, 7) is 3.30. The molecule has 2 N–H and O–H groups in total. The molecule has 2 rings (SSSR count). The average molecular weight is 357 g/mol. The Kier molecular flexibility index (Phi) is 5.90. The lowest BCUT2D eigenvalue weighted by molar-refractivity contribution is -0.384. The molecule has 1 amide bonds. The highest BCUT2D eigenvalue weighted by molar-refractivity contribution is 5.99. The molecule has 8 heteroatoms. The fraction of sp³-hybridized carbons (Fsp3) is 0.222. The van der Waals surface area contributed by atoms with Gasteiger partial charge in [0.2, 0.25) is 0 Å². The number of esters is 1. The second kappa shape index (κ2) is 8.11. The van der Waals surface area contributed by atoms with E-state index in [9.17, 15) is 19.7 Å². The van der Waals surface area contributed by atoms with Crippen molar-refractivity contribution in [1.82, 2.24) is 0 Å². The maximum atomic E-state index is 12.2. The molecule has 136 valence electrons. The van der Waals surface area contributed by atoms with Crippen LogP contribution in [0.4, 0.5) is 17.1 Å². The second-order valence-corrected chi connectivity index (χ2v) is 5.61. The number of amides is 1. The van der Waals surface area contributed by atoms with Crippen LogP contribution in [0.25, 0.3) is 0 Å². The molecule has 0 heterocycles. The number of carbonyl (C=O) groups excluding carboxylic acids is 2. The zero-order chi connectivity index (χ0) is 19.3. The monoisotopic (exact) mass is 357 g/mol. The Morgan fingerprint density at radius 3 is 2.54 bits per heavy atom. The predicted octanol–water partition coefficient (Wildman–Crippen LogP) is 3.05. The lowest BCUT2D eigenvalue weighted by atomic mass is 10.1. The van der Waals surface area contributed by atoms with Gasteiger partial charge >= 0.3 is 5.97 Å². The molecular weight excluding hydrogens is 338 g/mol. The average Bonchev–Trinajstić information content (AvgIpc) is 2.62. The van der Waals surface area contributed by atoms with E-state index in [1.807, 2.05) is 26.0 Å². The number of aryl methyl sites for hydroxylation is 1. The van der Waals surface area contributed by atoms with Crippen molar-refractivity contribution >= 4 is 28.9 Å². The third-order valence-corrected chi connectivity index (χ3v) is 3.92. The highest BCUT2D eigenvalue weighted by Crippen LogP contribution is 2.23. The quantitative estimate of drug-likeness (QED) is 0.467. The van der Waals surface area contributed by atoms with Gasteiger partial charge < -0.3 is 15.4 Å². The number of nitro benzene ring substituents is 1. The molecule has 26 heavy (non-hydrogen) atoms. The van der Waals surface area contributed by atoms with Gasteiger partial charge in [-0.2, -0.15) is 0 Å². The van der Waals surface area contributed by atoms with Crippen LogP contribution in [0.5, 0.6) is 0 Å². The number of ether oxygens (including phenoxy) is 1. The number of nitrogens with one attached hydrogen (secondary N) is 2. The van der Waals surface area contributed by atoms with Gasteiger partial charge in [-0.3, -0.25) is 14.9 Å². The number of hydrogen-bond donors (Lipinski definition) is 2. The topological polar surface area (TPSA) is 111 Å². The molecule has 0 spiro atoms. The van der Waals surface area contributed by atoms with Crippen LogP contribution in [-0.2, 0) is 9.53 Å². The van der Waals surface area contributed by atoms with E-state index in [-0.39, 0.29) is 11.3 Å². The van der Waals surface area contributed by atoms with E-state index in [0.717, 1.165) is 17.2 Å². The van der Waals surface area contributed by atoms with Crippen molar-refractivity contribution in [1.29, 1.82) is 0 Å². The van der Waals surface area contributed by atoms with Crippen LogP contribution in [0.2, 0.25) is 0 Å². The molecule has 0 atom stereocenters. The summed E-state index contributed by atoms with van der Waals surface area (Å²) in [7, 11) is 1.57. The summed E-state index contributed by atoms with van der Waals surface area (Å²) < 4.78 is 5.00. The molecule has 0 aromatic heterocycles. The first-order valence-electron chi connectivity index (χ1n) is 7.83. The number of anilines is 2. The first kappa shape index (κ1) is 18.9. The van der Waals surface area contributed by atoms with Crippen molar-refractivity contribution in [3.05, 3.63) is 63.2 Å². The highest BCUT2D eigenvalue weighted by atomic mass is 16.6. The largest absolute Gasteiger partial charge is 0.452 e. The van der Waals surface area contributed by atoms with Crippen LogP contribution in [0.3, 0.4) is 0 Å². The molecular formula is C18H19N3O5. The molecule has 0 unspecified atom stereocenters. The fourth-order valence-corrected chi connectivity index (χ4v) is 2.31. The van der Waals surface area contributed by atoms with Crippen molar-refractivity contribution in [3.63, 3.8) is 0 Å². The molecule has 0 saturated heterocycles. The van der Waals surface area contributed by atoms with Crippen molar-refractivity contribution in [2.75, 3.05) is 24.3 Å². The van der Waals surface area contributed by atoms with Crippen molar-refractivity contribution in [2.45, 2.75) is 13.8 Å². The van der Waals surface area contributed by atoms with Crippen molar-refractivity contribution in [3.8, 4) is 0 Å². The summed E-state index contributed by atoms with van der Waals surface area (Å²) in [5.41, 5.74) is 2.70. The number of non-ortho nitro benzene ring substituents is 1. The van der Waals surface area contributed by atoms with Crippen LogP contribution in [-0.4, -0.2) is 30.5 Å². The third-order valence-electron chi connectivity index (χ3n) is 3.92. The van der Waals surface area contributed by atoms with Gasteiger partial charge in [-0.05, 0) is 37.1 Å². The second-order valence-electron chi connectivity index (χ2n) is 5.61. The Hall–Kier alpha value is -3.42. The van der Waals surface area contributed by atoms with E-state index in [2.05, 4.69) is 10.6 Å². The molecule has 0 aliphatic heterocycles. The van der Waals surface area contributed by atoms with Crippen LogP contribution in [0.15, 0.2) is 36.4 Å². The molecule has 0 aliphatic carbocycles. The Morgan fingerprint density at radius 2 is 1.88 bits per heavy atom. The van der Waals surface area contributed by atoms with Crippen LogP contribution in [0, 0.1) is 24.0 Å².